The molecule has 96 valence electrons. The van der Waals surface area contributed by atoms with E-state index in [2.05, 4.69) is 5.32 Å². The topological polar surface area (TPSA) is 42.2 Å². The molecule has 0 radical (unpaired) electrons. The number of carbonyl (C=O) groups is 1. The number of carbonyl (C=O) groups excluding carboxylic acids is 1. The van der Waals surface area contributed by atoms with Crippen molar-refractivity contribution in [3.63, 3.8) is 0 Å². The number of benzene rings is 1. The van der Waals surface area contributed by atoms with Crippen LogP contribution in [0.25, 0.3) is 11.0 Å². The van der Waals surface area contributed by atoms with Gasteiger partial charge >= 0.3 is 0 Å². The summed E-state index contributed by atoms with van der Waals surface area (Å²) in [6.07, 6.45) is 0.436. The molecule has 0 saturated heterocycles. The minimum absolute atomic E-state index is 0.00970. The lowest BCUT2D eigenvalue weighted by Crippen LogP contribution is -2.25. The van der Waals surface area contributed by atoms with Crippen molar-refractivity contribution < 1.29 is 9.21 Å². The molecule has 0 aliphatic carbocycles. The minimum atomic E-state index is 0.00970. The van der Waals surface area contributed by atoms with Crippen LogP contribution < -0.4 is 5.32 Å². The highest BCUT2D eigenvalue weighted by molar-refractivity contribution is 6.31. The van der Waals surface area contributed by atoms with Crippen LogP contribution in [0.5, 0.6) is 0 Å². The predicted molar refractivity (Wildman–Crippen MR) is 73.3 cm³/mol. The molecular formula is C14H16ClNO2. The second kappa shape index (κ2) is 5.55. The van der Waals surface area contributed by atoms with Gasteiger partial charge < -0.3 is 9.73 Å². The Kier molecular flexibility index (Phi) is 4.04. The molecule has 0 amide bonds. The number of fused-ring (bicyclic) bond motifs is 1. The molecule has 2 aromatic rings. The molecular weight excluding hydrogens is 250 g/mol. The summed E-state index contributed by atoms with van der Waals surface area (Å²) in [5.41, 5.74) is 0.694. The van der Waals surface area contributed by atoms with Gasteiger partial charge in [0.25, 0.3) is 0 Å². The lowest BCUT2D eigenvalue weighted by molar-refractivity contribution is 0.0957. The molecule has 0 aliphatic heterocycles. The van der Waals surface area contributed by atoms with Gasteiger partial charge in [0.05, 0.1) is 0 Å². The zero-order chi connectivity index (χ0) is 13.1. The summed E-state index contributed by atoms with van der Waals surface area (Å²) < 4.78 is 5.51. The molecule has 1 aromatic heterocycles. The first kappa shape index (κ1) is 13.1. The van der Waals surface area contributed by atoms with Gasteiger partial charge in [0.15, 0.2) is 11.5 Å². The summed E-state index contributed by atoms with van der Waals surface area (Å²) in [4.78, 5) is 11.9. The van der Waals surface area contributed by atoms with Gasteiger partial charge in [-0.1, -0.05) is 25.4 Å². The molecule has 4 heteroatoms. The van der Waals surface area contributed by atoms with Crippen molar-refractivity contribution >= 4 is 28.4 Å². The molecule has 3 nitrogen and oxygen atoms in total. The van der Waals surface area contributed by atoms with Gasteiger partial charge in [-0.2, -0.15) is 0 Å². The SMILES string of the molecule is CC(C)NCCC(=O)c1cc2cc(Cl)ccc2o1. The molecule has 1 heterocycles. The summed E-state index contributed by atoms with van der Waals surface area (Å²) in [6, 6.07) is 7.46. The van der Waals surface area contributed by atoms with Crippen molar-refractivity contribution in [2.45, 2.75) is 26.3 Å². The lowest BCUT2D eigenvalue weighted by atomic mass is 10.2. The molecule has 0 saturated carbocycles. The third-order valence-electron chi connectivity index (χ3n) is 2.66. The van der Waals surface area contributed by atoms with Crippen LogP contribution in [0.2, 0.25) is 5.02 Å². The van der Waals surface area contributed by atoms with E-state index in [0.717, 1.165) is 5.39 Å². The standard InChI is InChI=1S/C14H16ClNO2/c1-9(2)16-6-5-12(17)14-8-10-7-11(15)3-4-13(10)18-14/h3-4,7-9,16H,5-6H2,1-2H3. The van der Waals surface area contributed by atoms with E-state index in [1.165, 1.54) is 0 Å². The van der Waals surface area contributed by atoms with E-state index in [-0.39, 0.29) is 5.78 Å². The van der Waals surface area contributed by atoms with Gasteiger partial charge in [-0.25, -0.2) is 0 Å². The summed E-state index contributed by atoms with van der Waals surface area (Å²) in [6.45, 7) is 4.76. The van der Waals surface area contributed by atoms with E-state index >= 15 is 0 Å². The fraction of sp³-hybridized carbons (Fsp3) is 0.357. The van der Waals surface area contributed by atoms with Crippen LogP contribution in [-0.2, 0) is 0 Å². The maximum Gasteiger partial charge on any atom is 0.199 e. The van der Waals surface area contributed by atoms with Crippen molar-refractivity contribution in [1.82, 2.24) is 5.32 Å². The fourth-order valence-electron chi connectivity index (χ4n) is 1.75. The van der Waals surface area contributed by atoms with Crippen molar-refractivity contribution in [2.75, 3.05) is 6.54 Å². The minimum Gasteiger partial charge on any atom is -0.453 e. The summed E-state index contributed by atoms with van der Waals surface area (Å²) in [5, 5.41) is 4.71. The summed E-state index contributed by atoms with van der Waals surface area (Å²) >= 11 is 5.89. The van der Waals surface area contributed by atoms with Crippen LogP contribution in [0.15, 0.2) is 28.7 Å². The van der Waals surface area contributed by atoms with Gasteiger partial charge in [0.2, 0.25) is 0 Å². The number of furan rings is 1. The zero-order valence-corrected chi connectivity index (χ0v) is 11.3. The predicted octanol–water partition coefficient (Wildman–Crippen LogP) is 3.66. The van der Waals surface area contributed by atoms with Gasteiger partial charge in [0.1, 0.15) is 5.58 Å². The molecule has 18 heavy (non-hydrogen) atoms. The molecule has 0 fully saturated rings. The van der Waals surface area contributed by atoms with Crippen LogP contribution in [0.4, 0.5) is 0 Å². The Hall–Kier alpha value is -1.32. The number of rotatable bonds is 5. The maximum absolute atomic E-state index is 11.9. The number of nitrogens with one attached hydrogen (secondary N) is 1. The first-order valence-electron chi connectivity index (χ1n) is 6.02. The normalized spacial score (nSPS) is 11.3. The van der Waals surface area contributed by atoms with Crippen LogP contribution in [0, 0.1) is 0 Å². The van der Waals surface area contributed by atoms with Crippen molar-refractivity contribution in [3.05, 3.63) is 35.0 Å². The third kappa shape index (κ3) is 3.12. The third-order valence-corrected chi connectivity index (χ3v) is 2.89. The number of ketones is 1. The highest BCUT2D eigenvalue weighted by atomic mass is 35.5. The van der Waals surface area contributed by atoms with Gasteiger partial charge in [-0.15, -0.1) is 0 Å². The maximum atomic E-state index is 11.9. The average molecular weight is 266 g/mol. The number of halogens is 1. The van der Waals surface area contributed by atoms with Crippen molar-refractivity contribution in [2.24, 2.45) is 0 Å². The van der Waals surface area contributed by atoms with E-state index < -0.39 is 0 Å². The lowest BCUT2D eigenvalue weighted by Gasteiger charge is -2.05. The molecule has 0 aliphatic rings. The molecule has 1 aromatic carbocycles. The Morgan fingerprint density at radius 1 is 1.39 bits per heavy atom. The second-order valence-electron chi connectivity index (χ2n) is 4.57. The Morgan fingerprint density at radius 3 is 2.89 bits per heavy atom. The molecule has 2 rings (SSSR count). The van der Waals surface area contributed by atoms with E-state index in [4.69, 9.17) is 16.0 Å². The first-order chi connectivity index (χ1) is 8.56. The molecule has 1 N–H and O–H groups in total. The van der Waals surface area contributed by atoms with Crippen LogP contribution in [0.1, 0.15) is 30.8 Å². The molecule has 0 unspecified atom stereocenters. The highest BCUT2D eigenvalue weighted by Crippen LogP contribution is 2.23. The Bertz CT molecular complexity index is 560. The van der Waals surface area contributed by atoms with Crippen LogP contribution in [0.3, 0.4) is 0 Å². The van der Waals surface area contributed by atoms with Gasteiger partial charge in [-0.05, 0) is 24.3 Å². The number of hydrogen-bond acceptors (Lipinski definition) is 3. The van der Waals surface area contributed by atoms with Crippen LogP contribution >= 0.6 is 11.6 Å². The Morgan fingerprint density at radius 2 is 2.17 bits per heavy atom. The second-order valence-corrected chi connectivity index (χ2v) is 5.01. The van der Waals surface area contributed by atoms with E-state index in [1.54, 1.807) is 24.3 Å². The number of Topliss-reactive ketones (excluding diaryl/α,β-unsaturated/α-hetero) is 1. The molecule has 0 atom stereocenters. The summed E-state index contributed by atoms with van der Waals surface area (Å²) in [5.74, 6) is 0.410. The Labute approximate surface area is 111 Å². The van der Waals surface area contributed by atoms with Crippen LogP contribution in [-0.4, -0.2) is 18.4 Å². The highest BCUT2D eigenvalue weighted by Gasteiger charge is 2.12. The molecule has 0 bridgehead atoms. The number of hydrogen-bond donors (Lipinski definition) is 1. The van der Waals surface area contributed by atoms with E-state index in [9.17, 15) is 4.79 Å². The molecule has 0 spiro atoms. The van der Waals surface area contributed by atoms with Gasteiger partial charge in [0, 0.05) is 29.4 Å². The van der Waals surface area contributed by atoms with Crippen molar-refractivity contribution in [1.29, 1.82) is 0 Å². The fourth-order valence-corrected chi connectivity index (χ4v) is 1.93. The van der Waals surface area contributed by atoms with E-state index in [0.29, 0.717) is 35.4 Å². The first-order valence-corrected chi connectivity index (χ1v) is 6.40. The smallest absolute Gasteiger partial charge is 0.199 e. The monoisotopic (exact) mass is 265 g/mol. The average Bonchev–Trinajstić information content (AvgIpc) is 2.71. The summed E-state index contributed by atoms with van der Waals surface area (Å²) in [7, 11) is 0. The largest absolute Gasteiger partial charge is 0.453 e. The Balaban J connectivity index is 2.08. The van der Waals surface area contributed by atoms with E-state index in [1.807, 2.05) is 13.8 Å². The zero-order valence-electron chi connectivity index (χ0n) is 10.5. The quantitative estimate of drug-likeness (QED) is 0.839. The van der Waals surface area contributed by atoms with Crippen molar-refractivity contribution in [3.8, 4) is 0 Å². The van der Waals surface area contributed by atoms with Gasteiger partial charge in [-0.3, -0.25) is 4.79 Å².